The highest BCUT2D eigenvalue weighted by atomic mass is 13.9. The molecule has 0 unspecified atom stereocenters. The summed E-state index contributed by atoms with van der Waals surface area (Å²) >= 11 is 0. The third-order valence-electron chi connectivity index (χ3n) is 2.00. The number of hydrogen-bond acceptors (Lipinski definition) is 0. The van der Waals surface area contributed by atoms with Gasteiger partial charge in [0.05, 0.1) is 0 Å². The normalized spacial score (nSPS) is 26.5. The van der Waals surface area contributed by atoms with Crippen molar-refractivity contribution < 1.29 is 0 Å². The predicted octanol–water partition coefficient (Wildman–Crippen LogP) is 4.18. The van der Waals surface area contributed by atoms with Crippen molar-refractivity contribution in [2.45, 2.75) is 32.1 Å². The molecule has 0 N–H and O–H groups in total. The molecule has 13 heavy (non-hydrogen) atoms. The van der Waals surface area contributed by atoms with Crippen LogP contribution in [0.1, 0.15) is 32.1 Å². The van der Waals surface area contributed by atoms with E-state index in [1.165, 1.54) is 19.3 Å². The second-order valence-corrected chi connectivity index (χ2v) is 3.20. The van der Waals surface area contributed by atoms with Gasteiger partial charge in [0, 0.05) is 0 Å². The fourth-order valence-electron chi connectivity index (χ4n) is 1.25. The third kappa shape index (κ3) is 6.15. The van der Waals surface area contributed by atoms with Crippen LogP contribution in [0, 0.1) is 0 Å². The van der Waals surface area contributed by atoms with Crippen molar-refractivity contribution >= 4 is 0 Å². The largest absolute Gasteiger partial charge is 0.0882 e. The molecule has 0 aromatic heterocycles. The lowest BCUT2D eigenvalue weighted by atomic mass is 10.2. The highest BCUT2D eigenvalue weighted by molar-refractivity contribution is 5.06. The minimum absolute atomic E-state index is 1.05. The first kappa shape index (κ1) is 10.0. The Labute approximate surface area is 81.4 Å². The van der Waals surface area contributed by atoms with Gasteiger partial charge in [0.15, 0.2) is 0 Å². The van der Waals surface area contributed by atoms with E-state index in [-0.39, 0.29) is 0 Å². The molecule has 0 aliphatic heterocycles. The van der Waals surface area contributed by atoms with E-state index < -0.39 is 0 Å². The zero-order valence-corrected chi connectivity index (χ0v) is 8.15. The SMILES string of the molecule is C1=CCCC/C=C\C=C\C/C=C/C1. The molecule has 0 heterocycles. The molecule has 0 saturated carbocycles. The Bertz CT molecular complexity index is 216. The molecule has 1 aliphatic carbocycles. The maximum absolute atomic E-state index is 2.28. The van der Waals surface area contributed by atoms with Gasteiger partial charge in [-0.25, -0.2) is 0 Å². The fourth-order valence-corrected chi connectivity index (χ4v) is 1.25. The molecular formula is C13H18. The molecule has 0 atom stereocenters. The summed E-state index contributed by atoms with van der Waals surface area (Å²) in [7, 11) is 0. The summed E-state index contributed by atoms with van der Waals surface area (Å²) in [5, 5.41) is 0. The first-order chi connectivity index (χ1) is 6.50. The summed E-state index contributed by atoms with van der Waals surface area (Å²) in [6, 6.07) is 0. The Morgan fingerprint density at radius 3 is 2.08 bits per heavy atom. The molecule has 1 aliphatic rings. The predicted molar refractivity (Wildman–Crippen MR) is 59.6 cm³/mol. The first-order valence-electron chi connectivity index (χ1n) is 5.12. The van der Waals surface area contributed by atoms with Crippen LogP contribution in [0.15, 0.2) is 48.6 Å². The average molecular weight is 174 g/mol. The van der Waals surface area contributed by atoms with Gasteiger partial charge in [0.1, 0.15) is 0 Å². The average Bonchev–Trinajstić information content (AvgIpc) is 2.18. The van der Waals surface area contributed by atoms with E-state index in [2.05, 4.69) is 48.6 Å². The molecule has 0 fully saturated rings. The Balaban J connectivity index is 2.38. The van der Waals surface area contributed by atoms with Crippen LogP contribution in [-0.4, -0.2) is 0 Å². The lowest BCUT2D eigenvalue weighted by Gasteiger charge is -1.88. The molecule has 0 spiro atoms. The van der Waals surface area contributed by atoms with Gasteiger partial charge in [-0.1, -0.05) is 48.6 Å². The second-order valence-electron chi connectivity index (χ2n) is 3.20. The van der Waals surface area contributed by atoms with Crippen LogP contribution < -0.4 is 0 Å². The Kier molecular flexibility index (Phi) is 5.87. The standard InChI is InChI=1S/C13H18/c1-2-4-6-8-10-12-13-11-9-7-5-3-1/h1-4,7,9,12-13H,5-6,8,10-11H2/b3-1+,4-2-,9-7+,13-12?. The van der Waals surface area contributed by atoms with Gasteiger partial charge in [-0.3, -0.25) is 0 Å². The van der Waals surface area contributed by atoms with Crippen molar-refractivity contribution in [3.8, 4) is 0 Å². The van der Waals surface area contributed by atoms with Crippen LogP contribution in [0.2, 0.25) is 0 Å². The van der Waals surface area contributed by atoms with E-state index in [1.807, 2.05) is 0 Å². The van der Waals surface area contributed by atoms with Gasteiger partial charge in [-0.2, -0.15) is 0 Å². The Morgan fingerprint density at radius 1 is 0.538 bits per heavy atom. The Morgan fingerprint density at radius 2 is 1.15 bits per heavy atom. The van der Waals surface area contributed by atoms with E-state index >= 15 is 0 Å². The fraction of sp³-hybridized carbons (Fsp3) is 0.385. The zero-order chi connectivity index (χ0) is 9.19. The Hall–Kier alpha value is -1.04. The van der Waals surface area contributed by atoms with Gasteiger partial charge in [-0.15, -0.1) is 0 Å². The summed E-state index contributed by atoms with van der Waals surface area (Å²) in [5.41, 5.74) is 0. The van der Waals surface area contributed by atoms with Gasteiger partial charge in [0.25, 0.3) is 0 Å². The highest BCUT2D eigenvalue weighted by Crippen LogP contribution is 2.01. The summed E-state index contributed by atoms with van der Waals surface area (Å²) < 4.78 is 0. The minimum atomic E-state index is 1.05. The summed E-state index contributed by atoms with van der Waals surface area (Å²) in [5.74, 6) is 0. The minimum Gasteiger partial charge on any atom is -0.0882 e. The van der Waals surface area contributed by atoms with Crippen molar-refractivity contribution in [1.82, 2.24) is 0 Å². The number of rotatable bonds is 0. The van der Waals surface area contributed by atoms with Crippen LogP contribution in [-0.2, 0) is 0 Å². The quantitative estimate of drug-likeness (QED) is 0.483. The van der Waals surface area contributed by atoms with Crippen molar-refractivity contribution in [3.05, 3.63) is 48.6 Å². The van der Waals surface area contributed by atoms with Crippen molar-refractivity contribution in [1.29, 1.82) is 0 Å². The van der Waals surface area contributed by atoms with Crippen LogP contribution in [0.5, 0.6) is 0 Å². The maximum atomic E-state index is 2.28. The molecule has 0 nitrogen and oxygen atoms in total. The van der Waals surface area contributed by atoms with E-state index in [9.17, 15) is 0 Å². The zero-order valence-electron chi connectivity index (χ0n) is 8.15. The number of allylic oxidation sites excluding steroid dienone is 8. The molecule has 0 aromatic rings. The maximum Gasteiger partial charge on any atom is -0.0166 e. The van der Waals surface area contributed by atoms with Gasteiger partial charge in [0.2, 0.25) is 0 Å². The molecule has 0 radical (unpaired) electrons. The smallest absolute Gasteiger partial charge is 0.0166 e. The second kappa shape index (κ2) is 7.60. The van der Waals surface area contributed by atoms with Crippen LogP contribution in [0.3, 0.4) is 0 Å². The summed E-state index contributed by atoms with van der Waals surface area (Å²) in [6.07, 6.45) is 23.5. The van der Waals surface area contributed by atoms with Gasteiger partial charge < -0.3 is 0 Å². The van der Waals surface area contributed by atoms with Gasteiger partial charge in [-0.05, 0) is 32.1 Å². The number of hydrogen-bond donors (Lipinski definition) is 0. The topological polar surface area (TPSA) is 0 Å². The summed E-state index contributed by atoms with van der Waals surface area (Å²) in [4.78, 5) is 0. The molecule has 0 heteroatoms. The third-order valence-corrected chi connectivity index (χ3v) is 2.00. The van der Waals surface area contributed by atoms with Crippen LogP contribution in [0.25, 0.3) is 0 Å². The van der Waals surface area contributed by atoms with Crippen LogP contribution in [0.4, 0.5) is 0 Å². The molecular weight excluding hydrogens is 156 g/mol. The highest BCUT2D eigenvalue weighted by Gasteiger charge is 1.80. The lowest BCUT2D eigenvalue weighted by molar-refractivity contribution is 0.866. The molecule has 0 amide bonds. The van der Waals surface area contributed by atoms with Crippen LogP contribution >= 0.6 is 0 Å². The van der Waals surface area contributed by atoms with Crippen molar-refractivity contribution in [3.63, 3.8) is 0 Å². The van der Waals surface area contributed by atoms with Gasteiger partial charge >= 0.3 is 0 Å². The molecule has 1 rings (SSSR count). The van der Waals surface area contributed by atoms with E-state index in [1.54, 1.807) is 0 Å². The molecule has 0 aromatic carbocycles. The van der Waals surface area contributed by atoms with E-state index in [0.29, 0.717) is 0 Å². The monoisotopic (exact) mass is 174 g/mol. The summed E-state index contributed by atoms with van der Waals surface area (Å²) in [6.45, 7) is 0. The lowest BCUT2D eigenvalue weighted by Crippen LogP contribution is -1.68. The van der Waals surface area contributed by atoms with E-state index in [0.717, 1.165) is 12.8 Å². The van der Waals surface area contributed by atoms with E-state index in [4.69, 9.17) is 0 Å². The molecule has 0 saturated heterocycles. The van der Waals surface area contributed by atoms with Crippen molar-refractivity contribution in [2.24, 2.45) is 0 Å². The molecule has 70 valence electrons. The van der Waals surface area contributed by atoms with Crippen molar-refractivity contribution in [2.75, 3.05) is 0 Å². The molecule has 0 bridgehead atoms. The first-order valence-corrected chi connectivity index (χ1v) is 5.12.